The molecule has 0 unspecified atom stereocenters. The fourth-order valence-corrected chi connectivity index (χ4v) is 3.88. The molecule has 0 saturated heterocycles. The van der Waals surface area contributed by atoms with Crippen molar-refractivity contribution in [1.82, 2.24) is 0 Å². The van der Waals surface area contributed by atoms with Crippen LogP contribution < -0.4 is 9.64 Å². The van der Waals surface area contributed by atoms with Crippen molar-refractivity contribution in [3.63, 3.8) is 0 Å². The van der Waals surface area contributed by atoms with E-state index in [1.807, 2.05) is 79.7 Å². The molecule has 0 atom stereocenters. The molecule has 1 aliphatic rings. The number of nitrogens with zero attached hydrogens (tertiary/aromatic N) is 1. The van der Waals surface area contributed by atoms with Crippen molar-refractivity contribution in [3.05, 3.63) is 104 Å². The van der Waals surface area contributed by atoms with Crippen LogP contribution in [-0.2, 0) is 4.79 Å². The maximum Gasteiger partial charge on any atom is 0.262 e. The third-order valence-electron chi connectivity index (χ3n) is 4.80. The highest BCUT2D eigenvalue weighted by molar-refractivity contribution is 9.10. The third-order valence-corrected chi connectivity index (χ3v) is 6.28. The fourth-order valence-electron chi connectivity index (χ4n) is 3.34. The number of rotatable bonds is 5. The summed E-state index contributed by atoms with van der Waals surface area (Å²) in [5.74, 6) is 0.670. The van der Waals surface area contributed by atoms with Crippen molar-refractivity contribution >= 4 is 62.5 Å². The van der Waals surface area contributed by atoms with Crippen molar-refractivity contribution in [2.45, 2.75) is 6.92 Å². The van der Waals surface area contributed by atoms with Crippen LogP contribution >= 0.6 is 39.1 Å². The third kappa shape index (κ3) is 4.72. The Balaban J connectivity index is 1.77. The van der Waals surface area contributed by atoms with Crippen molar-refractivity contribution in [2.75, 3.05) is 11.5 Å². The van der Waals surface area contributed by atoms with Gasteiger partial charge in [0.2, 0.25) is 0 Å². The SMILES string of the molecule is CCOc1ccc(/C=C2\C=C(c3ccc(Cl)cc3)N(c3ccc(Br)c(Cl)c3)C2=O)cc1. The van der Waals surface area contributed by atoms with E-state index in [0.29, 0.717) is 27.9 Å². The second kappa shape index (κ2) is 9.31. The van der Waals surface area contributed by atoms with Gasteiger partial charge in [-0.25, -0.2) is 0 Å². The highest BCUT2D eigenvalue weighted by Crippen LogP contribution is 2.38. The molecule has 0 saturated carbocycles. The minimum Gasteiger partial charge on any atom is -0.494 e. The molecule has 3 nitrogen and oxygen atoms in total. The van der Waals surface area contributed by atoms with Crippen LogP contribution in [0.2, 0.25) is 10.0 Å². The number of hydrogen-bond donors (Lipinski definition) is 0. The van der Waals surface area contributed by atoms with Gasteiger partial charge in [0.25, 0.3) is 5.91 Å². The number of hydrogen-bond acceptors (Lipinski definition) is 2. The number of carbonyl (C=O) groups excluding carboxylic acids is 1. The van der Waals surface area contributed by atoms with Gasteiger partial charge in [0.1, 0.15) is 5.75 Å². The van der Waals surface area contributed by atoms with Crippen LogP contribution in [0.4, 0.5) is 5.69 Å². The summed E-state index contributed by atoms with van der Waals surface area (Å²) in [6.07, 6.45) is 3.76. The highest BCUT2D eigenvalue weighted by Gasteiger charge is 2.30. The second-order valence-electron chi connectivity index (χ2n) is 6.88. The zero-order valence-electron chi connectivity index (χ0n) is 16.6. The molecule has 0 aromatic heterocycles. The molecule has 1 heterocycles. The maximum absolute atomic E-state index is 13.4. The van der Waals surface area contributed by atoms with Gasteiger partial charge < -0.3 is 4.74 Å². The van der Waals surface area contributed by atoms with Gasteiger partial charge in [0.05, 0.1) is 23.0 Å². The molecule has 156 valence electrons. The Hall–Kier alpha value is -2.53. The predicted molar refractivity (Wildman–Crippen MR) is 132 cm³/mol. The first kappa shape index (κ1) is 21.7. The van der Waals surface area contributed by atoms with E-state index in [1.165, 1.54) is 0 Å². The van der Waals surface area contributed by atoms with Crippen molar-refractivity contribution < 1.29 is 9.53 Å². The molecule has 1 amide bonds. The summed E-state index contributed by atoms with van der Waals surface area (Å²) in [6, 6.07) is 20.5. The molecule has 31 heavy (non-hydrogen) atoms. The number of ether oxygens (including phenoxy) is 1. The standard InChI is InChI=1S/C25H18BrCl2NO2/c1-2-31-21-10-3-16(4-11-21)13-18-14-24(17-5-7-19(27)8-6-17)29(25(18)30)20-9-12-22(26)23(28)15-20/h3-15H,2H2,1H3/b18-13+. The molecule has 4 rings (SSSR count). The van der Waals surface area contributed by atoms with Gasteiger partial charge in [-0.1, -0.05) is 47.5 Å². The molecule has 0 bridgehead atoms. The van der Waals surface area contributed by atoms with Gasteiger partial charge in [-0.05, 0) is 88.6 Å². The average molecular weight is 515 g/mol. The van der Waals surface area contributed by atoms with Crippen LogP contribution in [0, 0.1) is 0 Å². The first-order valence-electron chi connectivity index (χ1n) is 9.68. The van der Waals surface area contributed by atoms with Crippen molar-refractivity contribution in [3.8, 4) is 5.75 Å². The smallest absolute Gasteiger partial charge is 0.262 e. The van der Waals surface area contributed by atoms with E-state index in [1.54, 1.807) is 11.0 Å². The number of benzene rings is 3. The van der Waals surface area contributed by atoms with Crippen LogP contribution in [0.25, 0.3) is 11.8 Å². The van der Waals surface area contributed by atoms with Crippen LogP contribution in [-0.4, -0.2) is 12.5 Å². The zero-order valence-corrected chi connectivity index (χ0v) is 19.7. The van der Waals surface area contributed by atoms with E-state index < -0.39 is 0 Å². The van der Waals surface area contributed by atoms with E-state index in [4.69, 9.17) is 27.9 Å². The topological polar surface area (TPSA) is 29.5 Å². The molecule has 6 heteroatoms. The molecule has 3 aromatic rings. The molecular weight excluding hydrogens is 497 g/mol. The Morgan fingerprint density at radius 1 is 1.00 bits per heavy atom. The lowest BCUT2D eigenvalue weighted by atomic mass is 10.1. The Morgan fingerprint density at radius 3 is 2.35 bits per heavy atom. The lowest BCUT2D eigenvalue weighted by Crippen LogP contribution is -2.24. The minimum atomic E-state index is -0.128. The van der Waals surface area contributed by atoms with E-state index in [2.05, 4.69) is 15.9 Å². The summed E-state index contributed by atoms with van der Waals surface area (Å²) in [5.41, 5.74) is 3.82. The van der Waals surface area contributed by atoms with Gasteiger partial charge in [-0.2, -0.15) is 0 Å². The molecule has 0 N–H and O–H groups in total. The van der Waals surface area contributed by atoms with E-state index in [9.17, 15) is 4.79 Å². The summed E-state index contributed by atoms with van der Waals surface area (Å²) < 4.78 is 6.27. The van der Waals surface area contributed by atoms with Crippen molar-refractivity contribution in [2.24, 2.45) is 0 Å². The highest BCUT2D eigenvalue weighted by atomic mass is 79.9. The van der Waals surface area contributed by atoms with Gasteiger partial charge in [-0.15, -0.1) is 0 Å². The predicted octanol–water partition coefficient (Wildman–Crippen LogP) is 7.63. The molecule has 1 aliphatic heterocycles. The fraction of sp³-hybridized carbons (Fsp3) is 0.0800. The Kier molecular flexibility index (Phi) is 6.51. The molecule has 0 radical (unpaired) electrons. The minimum absolute atomic E-state index is 0.128. The van der Waals surface area contributed by atoms with Gasteiger partial charge in [0.15, 0.2) is 0 Å². The Labute approximate surface area is 199 Å². The van der Waals surface area contributed by atoms with Crippen LogP contribution in [0.1, 0.15) is 18.1 Å². The Bertz CT molecular complexity index is 1190. The molecule has 3 aromatic carbocycles. The molecular formula is C25H18BrCl2NO2. The summed E-state index contributed by atoms with van der Waals surface area (Å²) in [7, 11) is 0. The van der Waals surface area contributed by atoms with E-state index in [-0.39, 0.29) is 5.91 Å². The molecule has 0 spiro atoms. The van der Waals surface area contributed by atoms with Crippen molar-refractivity contribution in [1.29, 1.82) is 0 Å². The molecule has 0 aliphatic carbocycles. The lowest BCUT2D eigenvalue weighted by Gasteiger charge is -2.21. The molecule has 0 fully saturated rings. The first-order chi connectivity index (χ1) is 15.0. The quantitative estimate of drug-likeness (QED) is 0.327. The summed E-state index contributed by atoms with van der Waals surface area (Å²) >= 11 is 15.8. The first-order valence-corrected chi connectivity index (χ1v) is 11.2. The Morgan fingerprint density at radius 2 is 1.71 bits per heavy atom. The van der Waals surface area contributed by atoms with E-state index in [0.717, 1.165) is 27.0 Å². The van der Waals surface area contributed by atoms with Crippen LogP contribution in [0.3, 0.4) is 0 Å². The monoisotopic (exact) mass is 513 g/mol. The van der Waals surface area contributed by atoms with E-state index >= 15 is 0 Å². The summed E-state index contributed by atoms with van der Waals surface area (Å²) in [6.45, 7) is 2.55. The van der Waals surface area contributed by atoms with Gasteiger partial charge in [-0.3, -0.25) is 9.69 Å². The lowest BCUT2D eigenvalue weighted by molar-refractivity contribution is -0.113. The number of anilines is 1. The number of amides is 1. The normalized spacial score (nSPS) is 14.8. The second-order valence-corrected chi connectivity index (χ2v) is 8.58. The zero-order chi connectivity index (χ0) is 22.0. The van der Waals surface area contributed by atoms with Crippen LogP contribution in [0.15, 0.2) is 82.9 Å². The van der Waals surface area contributed by atoms with Gasteiger partial charge in [0, 0.05) is 15.1 Å². The van der Waals surface area contributed by atoms with Gasteiger partial charge >= 0.3 is 0 Å². The summed E-state index contributed by atoms with van der Waals surface area (Å²) in [5, 5.41) is 1.17. The number of carbonyl (C=O) groups is 1. The van der Waals surface area contributed by atoms with Crippen LogP contribution in [0.5, 0.6) is 5.75 Å². The maximum atomic E-state index is 13.4. The average Bonchev–Trinajstić information content (AvgIpc) is 3.08. The largest absolute Gasteiger partial charge is 0.494 e. The summed E-state index contributed by atoms with van der Waals surface area (Å²) in [4.78, 5) is 15.1. The number of halogens is 3.